The fraction of sp³-hybridized carbons (Fsp3) is 0.622. The Bertz CT molecular complexity index is 1180. The molecular formula is C37H56F2O6Si. The first-order valence-electron chi connectivity index (χ1n) is 16.5. The molecule has 1 aromatic carbocycles. The highest BCUT2D eigenvalue weighted by molar-refractivity contribution is 6.74. The summed E-state index contributed by atoms with van der Waals surface area (Å²) in [5.41, 5.74) is 0.741. The molecule has 6 nitrogen and oxygen atoms in total. The minimum Gasteiger partial charge on any atom is -0.497 e. The van der Waals surface area contributed by atoms with Crippen LogP contribution >= 0.6 is 0 Å². The second-order valence-electron chi connectivity index (χ2n) is 13.9. The molecule has 0 bridgehead atoms. The van der Waals surface area contributed by atoms with E-state index >= 15 is 8.78 Å². The molecule has 1 aliphatic rings. The Labute approximate surface area is 276 Å². The van der Waals surface area contributed by atoms with Gasteiger partial charge in [-0.05, 0) is 81.4 Å². The maximum absolute atomic E-state index is 15.5. The lowest BCUT2D eigenvalue weighted by Gasteiger charge is -2.39. The van der Waals surface area contributed by atoms with Crippen molar-refractivity contribution in [3.8, 4) is 5.75 Å². The smallest absolute Gasteiger partial charge is 0.306 e. The highest BCUT2D eigenvalue weighted by atomic mass is 28.4. The molecule has 1 aromatic rings. The van der Waals surface area contributed by atoms with Crippen LogP contribution in [0.4, 0.5) is 8.78 Å². The van der Waals surface area contributed by atoms with E-state index in [1.54, 1.807) is 44.4 Å². The molecule has 0 N–H and O–H groups in total. The predicted octanol–water partition coefficient (Wildman–Crippen LogP) is 9.40. The average Bonchev–Trinajstić information content (AvgIpc) is 3.25. The summed E-state index contributed by atoms with van der Waals surface area (Å²) in [6, 6.07) is 7.10. The van der Waals surface area contributed by atoms with Crippen LogP contribution in [0.1, 0.15) is 85.6 Å². The van der Waals surface area contributed by atoms with E-state index in [4.69, 9.17) is 18.6 Å². The van der Waals surface area contributed by atoms with Gasteiger partial charge in [0.1, 0.15) is 17.6 Å². The van der Waals surface area contributed by atoms with Gasteiger partial charge in [0, 0.05) is 24.7 Å². The summed E-state index contributed by atoms with van der Waals surface area (Å²) in [6.07, 6.45) is 10.2. The first-order valence-corrected chi connectivity index (χ1v) is 19.4. The number of hydrogen-bond acceptors (Lipinski definition) is 6. The van der Waals surface area contributed by atoms with Gasteiger partial charge in [0.15, 0.2) is 8.32 Å². The van der Waals surface area contributed by atoms with Crippen LogP contribution in [0.2, 0.25) is 18.1 Å². The summed E-state index contributed by atoms with van der Waals surface area (Å²) in [6.45, 7) is 16.1. The summed E-state index contributed by atoms with van der Waals surface area (Å²) < 4.78 is 54.0. The molecular weight excluding hydrogens is 606 g/mol. The van der Waals surface area contributed by atoms with Crippen molar-refractivity contribution in [3.05, 3.63) is 66.3 Å². The fourth-order valence-corrected chi connectivity index (χ4v) is 6.38. The maximum Gasteiger partial charge on any atom is 0.306 e. The molecule has 0 saturated heterocycles. The number of carbonyl (C=O) groups is 2. The molecule has 4 atom stereocenters. The van der Waals surface area contributed by atoms with Crippen LogP contribution in [0, 0.1) is 11.8 Å². The van der Waals surface area contributed by atoms with E-state index in [0.717, 1.165) is 11.6 Å². The van der Waals surface area contributed by atoms with E-state index in [-0.39, 0.29) is 41.8 Å². The first kappa shape index (κ1) is 39.6. The Hall–Kier alpha value is -2.62. The molecule has 46 heavy (non-hydrogen) atoms. The maximum atomic E-state index is 15.5. The molecule has 9 heteroatoms. The van der Waals surface area contributed by atoms with Crippen LogP contribution in [0.15, 0.2) is 60.7 Å². The van der Waals surface area contributed by atoms with Gasteiger partial charge in [0.05, 0.1) is 25.9 Å². The number of rotatable bonds is 18. The zero-order valence-electron chi connectivity index (χ0n) is 29.3. The van der Waals surface area contributed by atoms with Gasteiger partial charge in [-0.1, -0.05) is 70.2 Å². The van der Waals surface area contributed by atoms with Crippen LogP contribution in [0.25, 0.3) is 0 Å². The van der Waals surface area contributed by atoms with Crippen molar-refractivity contribution in [2.45, 2.75) is 129 Å². The van der Waals surface area contributed by atoms with Crippen LogP contribution in [0.3, 0.4) is 0 Å². The lowest BCUT2D eigenvalue weighted by Crippen LogP contribution is -2.45. The van der Waals surface area contributed by atoms with Gasteiger partial charge in [0.25, 0.3) is 5.92 Å². The Morgan fingerprint density at radius 2 is 1.76 bits per heavy atom. The number of alkyl halides is 2. The van der Waals surface area contributed by atoms with Crippen molar-refractivity contribution in [3.63, 3.8) is 0 Å². The molecule has 0 amide bonds. The highest BCUT2D eigenvalue weighted by Crippen LogP contribution is 2.43. The number of benzene rings is 1. The topological polar surface area (TPSA) is 71.1 Å². The molecule has 0 aromatic heterocycles. The summed E-state index contributed by atoms with van der Waals surface area (Å²) in [7, 11) is -0.701. The van der Waals surface area contributed by atoms with E-state index in [9.17, 15) is 9.59 Å². The van der Waals surface area contributed by atoms with Crippen LogP contribution in [-0.2, 0) is 30.1 Å². The van der Waals surface area contributed by atoms with Crippen molar-refractivity contribution in [2.75, 3.05) is 7.11 Å². The number of Topliss-reactive ketones (excluding diaryl/α,β-unsaturated/α-hetero) is 1. The summed E-state index contributed by atoms with van der Waals surface area (Å²) in [5, 5.41) is -0.0823. The lowest BCUT2D eigenvalue weighted by atomic mass is 9.90. The highest BCUT2D eigenvalue weighted by Gasteiger charge is 2.47. The number of unbranched alkanes of at least 4 members (excludes halogenated alkanes) is 1. The Morgan fingerprint density at radius 3 is 2.35 bits per heavy atom. The largest absolute Gasteiger partial charge is 0.497 e. The second kappa shape index (κ2) is 18.1. The van der Waals surface area contributed by atoms with Gasteiger partial charge in [0.2, 0.25) is 0 Å². The Morgan fingerprint density at radius 1 is 1.09 bits per heavy atom. The number of carbonyl (C=O) groups excluding carboxylic acids is 2. The standard InChI is InChI=1S/C37H56F2O6Si/c1-10-11-24-37(38,39)34(43-26-28-18-20-29(42-7)21-19-28)23-22-31-30(16-14-12-13-15-17-35(41)44-27(2)3)32(40)25-33(31)45-46(8,9)36(4,5)6/h11-12,14,18-24,27,30-31,33-34H,10,13,15-17,25-26H2,1-9H3/b14-12?,23-22+,24-11+/t30-,31+,33-,34?/m1/s1. The summed E-state index contributed by atoms with van der Waals surface area (Å²) in [5.74, 6) is -3.54. The SMILES string of the molecule is CC/C=C/C(F)(F)C(/C=C/[C@@H]1[C@H](O[Si](C)(C)C(C)(C)C)CC(=O)[C@@H]1CC=CCCCC(=O)OC(C)C)OCc1ccc(OC)cc1. The number of ketones is 1. The van der Waals surface area contributed by atoms with Crippen LogP contribution in [-0.4, -0.2) is 51.4 Å². The van der Waals surface area contributed by atoms with E-state index < -0.39 is 32.4 Å². The fourth-order valence-electron chi connectivity index (χ4n) is 5.03. The van der Waals surface area contributed by atoms with Crippen molar-refractivity contribution in [1.29, 1.82) is 0 Å². The summed E-state index contributed by atoms with van der Waals surface area (Å²) in [4.78, 5) is 25.2. The van der Waals surface area contributed by atoms with Crippen LogP contribution < -0.4 is 4.74 Å². The van der Waals surface area contributed by atoms with E-state index in [1.807, 2.05) is 26.0 Å². The zero-order chi connectivity index (χ0) is 34.5. The third kappa shape index (κ3) is 12.5. The molecule has 2 rings (SSSR count). The van der Waals surface area contributed by atoms with Gasteiger partial charge < -0.3 is 18.6 Å². The van der Waals surface area contributed by atoms with Crippen LogP contribution in [0.5, 0.6) is 5.75 Å². The normalized spacial score (nSPS) is 20.4. The molecule has 1 aliphatic carbocycles. The quantitative estimate of drug-likeness (QED) is 0.0675. The van der Waals surface area contributed by atoms with Crippen molar-refractivity contribution < 1.29 is 37.0 Å². The second-order valence-corrected chi connectivity index (χ2v) is 18.6. The third-order valence-electron chi connectivity index (χ3n) is 8.69. The molecule has 1 fully saturated rings. The van der Waals surface area contributed by atoms with Crippen molar-refractivity contribution >= 4 is 20.1 Å². The zero-order valence-corrected chi connectivity index (χ0v) is 30.3. The van der Waals surface area contributed by atoms with E-state index in [0.29, 0.717) is 37.9 Å². The monoisotopic (exact) mass is 662 g/mol. The van der Waals surface area contributed by atoms with Crippen molar-refractivity contribution in [1.82, 2.24) is 0 Å². The molecule has 0 spiro atoms. The molecule has 0 radical (unpaired) electrons. The lowest BCUT2D eigenvalue weighted by molar-refractivity contribution is -0.147. The van der Waals surface area contributed by atoms with Crippen molar-refractivity contribution in [2.24, 2.45) is 11.8 Å². The Kier molecular flexibility index (Phi) is 15.5. The molecule has 0 heterocycles. The summed E-state index contributed by atoms with van der Waals surface area (Å²) >= 11 is 0. The molecule has 1 unspecified atom stereocenters. The van der Waals surface area contributed by atoms with Gasteiger partial charge in [-0.25, -0.2) is 0 Å². The van der Waals surface area contributed by atoms with Gasteiger partial charge >= 0.3 is 5.97 Å². The number of esters is 1. The van der Waals surface area contributed by atoms with Gasteiger partial charge in [-0.15, -0.1) is 0 Å². The molecule has 1 saturated carbocycles. The van der Waals surface area contributed by atoms with Gasteiger partial charge in [-0.3, -0.25) is 9.59 Å². The number of ether oxygens (including phenoxy) is 3. The van der Waals surface area contributed by atoms with Gasteiger partial charge in [-0.2, -0.15) is 8.78 Å². The number of hydrogen-bond donors (Lipinski definition) is 0. The Balaban J connectivity index is 2.31. The molecule has 258 valence electrons. The van der Waals surface area contributed by atoms with E-state index in [1.165, 1.54) is 12.2 Å². The predicted molar refractivity (Wildman–Crippen MR) is 183 cm³/mol. The van der Waals surface area contributed by atoms with E-state index in [2.05, 4.69) is 33.9 Å². The number of methoxy groups -OCH3 is 1. The minimum atomic E-state index is -3.26. The molecule has 0 aliphatic heterocycles. The average molecular weight is 663 g/mol. The minimum absolute atomic E-state index is 0.0150. The third-order valence-corrected chi connectivity index (χ3v) is 13.2. The number of allylic oxidation sites excluding steroid dienone is 3. The first-order chi connectivity index (χ1) is 21.5. The number of halogens is 2.